The number of nitrogens with zero attached hydrogens (tertiary/aromatic N) is 2. The number of rotatable bonds is 11. The Kier molecular flexibility index (Phi) is 12.9. The van der Waals surface area contributed by atoms with Crippen molar-refractivity contribution >= 4 is 32.0 Å². The predicted octanol–water partition coefficient (Wildman–Crippen LogP) is 8.54. The van der Waals surface area contributed by atoms with Gasteiger partial charge in [0.2, 0.25) is 20.0 Å². The Balaban J connectivity index is 1.57. The van der Waals surface area contributed by atoms with Gasteiger partial charge in [-0.2, -0.15) is 8.61 Å². The maximum atomic E-state index is 14.9. The lowest BCUT2D eigenvalue weighted by Crippen LogP contribution is -2.41. The van der Waals surface area contributed by atoms with E-state index in [1.165, 1.54) is 22.5 Å². The van der Waals surface area contributed by atoms with Crippen molar-refractivity contribution in [2.75, 3.05) is 13.2 Å². The molecule has 0 saturated carbocycles. The van der Waals surface area contributed by atoms with Crippen LogP contribution >= 0.6 is 0 Å². The molecule has 0 radical (unpaired) electrons. The number of carbonyl (C=O) groups is 2. The Labute approximate surface area is 354 Å². The van der Waals surface area contributed by atoms with Gasteiger partial charge < -0.3 is 18.9 Å². The summed E-state index contributed by atoms with van der Waals surface area (Å²) in [6.45, 7) is 21.2. The SMILES string of the molecule is CC(=O)Oc1c(-c2cccc([C@@H]3OC[C@H](C(C)C)N3S(=O)(=O)c3c(C)cc(C)cc3C)c2OC(C)=O)cccc1[C@@H]1OC[C@H](C(C)C)N1S(=O)(=O)c1c(C)cc(C)cc1C. The highest BCUT2D eigenvalue weighted by atomic mass is 32.2. The molecule has 322 valence electrons. The molecule has 0 aliphatic carbocycles. The second-order valence-electron chi connectivity index (χ2n) is 16.8. The van der Waals surface area contributed by atoms with E-state index in [4.69, 9.17) is 18.9 Å². The van der Waals surface area contributed by atoms with E-state index in [1.807, 2.05) is 65.8 Å². The number of benzene rings is 4. The molecule has 6 rings (SSSR count). The number of sulfonamides is 2. The Bertz CT molecular complexity index is 2340. The molecule has 2 aliphatic heterocycles. The average molecular weight is 861 g/mol. The first-order chi connectivity index (χ1) is 28.1. The van der Waals surface area contributed by atoms with Gasteiger partial charge in [0.15, 0.2) is 12.5 Å². The van der Waals surface area contributed by atoms with Crippen LogP contribution in [0.3, 0.4) is 0 Å². The molecule has 2 aliphatic rings. The Morgan fingerprint density at radius 1 is 0.583 bits per heavy atom. The third-order valence-corrected chi connectivity index (χ3v) is 15.5. The summed E-state index contributed by atoms with van der Waals surface area (Å²) in [6.07, 6.45) is -2.44. The molecule has 0 unspecified atom stereocenters. The Morgan fingerprint density at radius 2 is 0.900 bits per heavy atom. The van der Waals surface area contributed by atoms with Crippen molar-refractivity contribution in [1.82, 2.24) is 8.61 Å². The fourth-order valence-electron chi connectivity index (χ4n) is 8.85. The average Bonchev–Trinajstić information content (AvgIpc) is 3.78. The number of aryl methyl sites for hydroxylation is 6. The quantitative estimate of drug-likeness (QED) is 0.106. The van der Waals surface area contributed by atoms with E-state index >= 15 is 0 Å². The zero-order valence-corrected chi connectivity index (χ0v) is 38.1. The third-order valence-electron chi connectivity index (χ3n) is 11.2. The van der Waals surface area contributed by atoms with Gasteiger partial charge in [-0.15, -0.1) is 0 Å². The first-order valence-electron chi connectivity index (χ1n) is 20.2. The topological polar surface area (TPSA) is 146 Å². The number of hydrogen-bond donors (Lipinski definition) is 0. The molecule has 14 heteroatoms. The van der Waals surface area contributed by atoms with Crippen LogP contribution < -0.4 is 9.47 Å². The van der Waals surface area contributed by atoms with Crippen LogP contribution in [0.25, 0.3) is 11.1 Å². The molecular formula is C46H56N2O10S2. The number of hydrogen-bond acceptors (Lipinski definition) is 10. The first-order valence-corrected chi connectivity index (χ1v) is 23.0. The zero-order valence-electron chi connectivity index (χ0n) is 36.4. The minimum absolute atomic E-state index is 0.00899. The van der Waals surface area contributed by atoms with E-state index in [9.17, 15) is 26.4 Å². The van der Waals surface area contributed by atoms with Crippen molar-refractivity contribution in [2.24, 2.45) is 11.8 Å². The maximum absolute atomic E-state index is 14.9. The van der Waals surface area contributed by atoms with Crippen molar-refractivity contribution in [3.63, 3.8) is 0 Å². The fraction of sp³-hybridized carbons (Fsp3) is 0.435. The number of para-hydroxylation sites is 2. The van der Waals surface area contributed by atoms with Gasteiger partial charge in [-0.1, -0.05) is 99.5 Å². The van der Waals surface area contributed by atoms with Gasteiger partial charge in [-0.05, 0) is 75.6 Å². The van der Waals surface area contributed by atoms with Crippen LogP contribution in [0.1, 0.15) is 98.5 Å². The summed E-state index contributed by atoms with van der Waals surface area (Å²) in [5, 5.41) is 0. The van der Waals surface area contributed by atoms with Gasteiger partial charge in [0.1, 0.15) is 11.5 Å². The standard InChI is InChI=1S/C46H56N2O10S2/c1-25(2)39-23-55-45(47(39)59(51,52)43-29(7)19-27(5)20-30(43)8)37-17-13-15-35(41(37)57-33(11)49)36-16-14-18-38(42(36)58-34(12)50)46-48(40(24-56-46)26(3)4)60(53,54)44-31(9)21-28(6)22-32(44)10/h13-22,25-26,39-40,45-46H,23-24H2,1-12H3/t39-,40-,45+,46+/m1/s1. The molecule has 0 N–H and O–H groups in total. The molecule has 2 fully saturated rings. The van der Waals surface area contributed by atoms with Crippen LogP contribution in [0.5, 0.6) is 11.5 Å². The van der Waals surface area contributed by atoms with E-state index in [0.29, 0.717) is 22.3 Å². The summed E-state index contributed by atoms with van der Waals surface area (Å²) in [7, 11) is -8.43. The van der Waals surface area contributed by atoms with Crippen molar-refractivity contribution in [1.29, 1.82) is 0 Å². The molecule has 2 heterocycles. The van der Waals surface area contributed by atoms with Gasteiger partial charge in [0.25, 0.3) is 0 Å². The lowest BCUT2D eigenvalue weighted by atomic mass is 9.96. The van der Waals surface area contributed by atoms with Crippen molar-refractivity contribution < 1.29 is 45.4 Å². The molecule has 4 aromatic carbocycles. The molecule has 60 heavy (non-hydrogen) atoms. The summed E-state index contributed by atoms with van der Waals surface area (Å²) >= 11 is 0. The fourth-order valence-corrected chi connectivity index (χ4v) is 13.3. The molecule has 4 atom stereocenters. The number of carbonyl (C=O) groups excluding carboxylic acids is 2. The van der Waals surface area contributed by atoms with Crippen molar-refractivity contribution in [3.05, 3.63) is 105 Å². The van der Waals surface area contributed by atoms with Gasteiger partial charge in [0, 0.05) is 36.1 Å². The van der Waals surface area contributed by atoms with Gasteiger partial charge in [0.05, 0.1) is 35.1 Å². The zero-order chi connectivity index (χ0) is 44.2. The van der Waals surface area contributed by atoms with E-state index < -0.39 is 56.5 Å². The van der Waals surface area contributed by atoms with Crippen molar-refractivity contribution in [2.45, 2.75) is 117 Å². The second-order valence-corrected chi connectivity index (χ2v) is 20.3. The number of esters is 2. The van der Waals surface area contributed by atoms with E-state index in [0.717, 1.165) is 11.1 Å². The largest absolute Gasteiger partial charge is 0.426 e. The normalized spacial score (nSPS) is 20.3. The van der Waals surface area contributed by atoms with E-state index in [2.05, 4.69) is 0 Å². The maximum Gasteiger partial charge on any atom is 0.308 e. The summed E-state index contributed by atoms with van der Waals surface area (Å²) in [6, 6.07) is 16.2. The van der Waals surface area contributed by atoms with Crippen molar-refractivity contribution in [3.8, 4) is 22.6 Å². The molecule has 0 spiro atoms. The van der Waals surface area contributed by atoms with E-state index in [1.54, 1.807) is 64.1 Å². The molecule has 2 saturated heterocycles. The van der Waals surface area contributed by atoms with Crippen LogP contribution in [-0.2, 0) is 39.1 Å². The first kappa shape index (κ1) is 45.1. The van der Waals surface area contributed by atoms with E-state index in [-0.39, 0.29) is 68.6 Å². The highest BCUT2D eigenvalue weighted by Gasteiger charge is 2.49. The molecule has 0 aromatic heterocycles. The van der Waals surface area contributed by atoms with Gasteiger partial charge >= 0.3 is 11.9 Å². The summed E-state index contributed by atoms with van der Waals surface area (Å²) in [5.74, 6) is -1.71. The molecule has 4 aromatic rings. The molecular weight excluding hydrogens is 805 g/mol. The number of ether oxygens (including phenoxy) is 4. The minimum atomic E-state index is -4.22. The molecule has 12 nitrogen and oxygen atoms in total. The lowest BCUT2D eigenvalue weighted by Gasteiger charge is -2.32. The molecule has 0 bridgehead atoms. The highest BCUT2D eigenvalue weighted by Crippen LogP contribution is 2.50. The predicted molar refractivity (Wildman–Crippen MR) is 228 cm³/mol. The van der Waals surface area contributed by atoms with Crippen LogP contribution in [0.4, 0.5) is 0 Å². The van der Waals surface area contributed by atoms with Crippen LogP contribution in [-0.4, -0.2) is 62.7 Å². The summed E-state index contributed by atoms with van der Waals surface area (Å²) in [4.78, 5) is 26.3. The Morgan fingerprint density at radius 3 is 1.18 bits per heavy atom. The summed E-state index contributed by atoms with van der Waals surface area (Å²) in [5.41, 5.74) is 5.28. The Hall–Kier alpha value is -4.44. The minimum Gasteiger partial charge on any atom is -0.426 e. The summed E-state index contributed by atoms with van der Waals surface area (Å²) < 4.78 is 87.1. The van der Waals surface area contributed by atoms with Crippen LogP contribution in [0, 0.1) is 53.4 Å². The second kappa shape index (κ2) is 17.1. The van der Waals surface area contributed by atoms with Gasteiger partial charge in [-0.25, -0.2) is 16.8 Å². The lowest BCUT2D eigenvalue weighted by molar-refractivity contribution is -0.133. The monoisotopic (exact) mass is 860 g/mol. The highest BCUT2D eigenvalue weighted by molar-refractivity contribution is 7.89. The van der Waals surface area contributed by atoms with Crippen LogP contribution in [0.2, 0.25) is 0 Å². The smallest absolute Gasteiger partial charge is 0.308 e. The third kappa shape index (κ3) is 8.29. The van der Waals surface area contributed by atoms with Crippen LogP contribution in [0.15, 0.2) is 70.5 Å². The molecule has 0 amide bonds. The van der Waals surface area contributed by atoms with Gasteiger partial charge in [-0.3, -0.25) is 9.59 Å².